The van der Waals surface area contributed by atoms with Crippen molar-refractivity contribution in [3.8, 4) is 0 Å². The molecular formula is C17H28N4O2. The minimum atomic E-state index is -0.201. The third-order valence-electron chi connectivity index (χ3n) is 3.34. The first-order valence-electron chi connectivity index (χ1n) is 8.06. The topological polar surface area (TPSA) is 74.3 Å². The van der Waals surface area contributed by atoms with Gasteiger partial charge in [-0.25, -0.2) is 0 Å². The van der Waals surface area contributed by atoms with E-state index >= 15 is 0 Å². The van der Waals surface area contributed by atoms with Crippen LogP contribution in [0, 0.1) is 5.92 Å². The Hall–Kier alpha value is -1.95. The maximum atomic E-state index is 12.1. The normalized spacial score (nSPS) is 10.9. The maximum Gasteiger partial charge on any atom is 0.252 e. The number of hydrogen-bond acceptors (Lipinski definition) is 4. The molecule has 0 spiro atoms. The van der Waals surface area contributed by atoms with E-state index in [-0.39, 0.29) is 11.8 Å². The second-order valence-electron chi connectivity index (χ2n) is 6.31. The number of rotatable bonds is 9. The minimum Gasteiger partial charge on any atom is -0.352 e. The number of carbonyl (C=O) groups excluding carboxylic acids is 2. The fraction of sp³-hybridized carbons (Fsp3) is 0.588. The van der Waals surface area contributed by atoms with Crippen molar-refractivity contribution in [3.63, 3.8) is 0 Å². The smallest absolute Gasteiger partial charge is 0.252 e. The standard InChI is InChI=1S/C17H28N4O2/c1-13(2)6-8-20-17(23)15-10-14(11-18-12-15)16(22)19-7-5-9-21(3)4/h10-13H,5-9H2,1-4H3,(H,19,22)(H,20,23). The van der Waals surface area contributed by atoms with E-state index in [0.717, 1.165) is 19.4 Å². The third kappa shape index (κ3) is 7.74. The SMILES string of the molecule is CC(C)CCNC(=O)c1cncc(C(=O)NCCCN(C)C)c1. The molecule has 1 aromatic rings. The number of hydrogen-bond donors (Lipinski definition) is 2. The number of carbonyl (C=O) groups is 2. The van der Waals surface area contributed by atoms with Crippen molar-refractivity contribution in [3.05, 3.63) is 29.6 Å². The Morgan fingerprint density at radius 3 is 2.17 bits per heavy atom. The highest BCUT2D eigenvalue weighted by Crippen LogP contribution is 2.04. The molecule has 0 aliphatic rings. The molecule has 1 rings (SSSR count). The molecule has 0 bridgehead atoms. The average Bonchev–Trinajstić information content (AvgIpc) is 2.50. The van der Waals surface area contributed by atoms with Crippen molar-refractivity contribution in [1.29, 1.82) is 0 Å². The Morgan fingerprint density at radius 2 is 1.65 bits per heavy atom. The van der Waals surface area contributed by atoms with Crippen LogP contribution < -0.4 is 10.6 Å². The summed E-state index contributed by atoms with van der Waals surface area (Å²) in [5, 5.41) is 5.69. The van der Waals surface area contributed by atoms with Crippen molar-refractivity contribution < 1.29 is 9.59 Å². The van der Waals surface area contributed by atoms with Gasteiger partial charge in [-0.05, 0) is 45.5 Å². The Kier molecular flexibility index (Phi) is 8.26. The molecule has 2 amide bonds. The summed E-state index contributed by atoms with van der Waals surface area (Å²) in [6, 6.07) is 1.58. The van der Waals surface area contributed by atoms with Crippen molar-refractivity contribution in [1.82, 2.24) is 20.5 Å². The first-order valence-corrected chi connectivity index (χ1v) is 8.06. The molecule has 0 saturated carbocycles. The molecule has 6 nitrogen and oxygen atoms in total. The first-order chi connectivity index (χ1) is 10.9. The summed E-state index contributed by atoms with van der Waals surface area (Å²) in [5.74, 6) is 0.140. The number of nitrogens with one attached hydrogen (secondary N) is 2. The fourth-order valence-electron chi connectivity index (χ4n) is 1.96. The van der Waals surface area contributed by atoms with Gasteiger partial charge in [-0.3, -0.25) is 14.6 Å². The molecule has 2 N–H and O–H groups in total. The van der Waals surface area contributed by atoms with Gasteiger partial charge < -0.3 is 15.5 Å². The number of amides is 2. The summed E-state index contributed by atoms with van der Waals surface area (Å²) in [4.78, 5) is 30.2. The van der Waals surface area contributed by atoms with E-state index in [4.69, 9.17) is 0 Å². The molecule has 0 unspecified atom stereocenters. The molecule has 128 valence electrons. The second-order valence-corrected chi connectivity index (χ2v) is 6.31. The molecule has 0 radical (unpaired) electrons. The van der Waals surface area contributed by atoms with E-state index in [1.807, 2.05) is 14.1 Å². The molecule has 0 aromatic carbocycles. The van der Waals surface area contributed by atoms with Gasteiger partial charge in [0.2, 0.25) is 0 Å². The van der Waals surface area contributed by atoms with Crippen LogP contribution >= 0.6 is 0 Å². The molecule has 0 fully saturated rings. The summed E-state index contributed by atoms with van der Waals surface area (Å²) in [5.41, 5.74) is 0.820. The van der Waals surface area contributed by atoms with Gasteiger partial charge in [0.1, 0.15) is 0 Å². The van der Waals surface area contributed by atoms with Gasteiger partial charge in [0.15, 0.2) is 0 Å². The van der Waals surface area contributed by atoms with Crippen LogP contribution in [0.5, 0.6) is 0 Å². The zero-order chi connectivity index (χ0) is 17.2. The van der Waals surface area contributed by atoms with E-state index in [2.05, 4.69) is 34.4 Å². The molecule has 0 aliphatic carbocycles. The first kappa shape index (κ1) is 19.1. The fourth-order valence-corrected chi connectivity index (χ4v) is 1.96. The third-order valence-corrected chi connectivity index (χ3v) is 3.34. The summed E-state index contributed by atoms with van der Waals surface area (Å²) < 4.78 is 0. The lowest BCUT2D eigenvalue weighted by Gasteiger charge is -2.10. The molecule has 23 heavy (non-hydrogen) atoms. The van der Waals surface area contributed by atoms with Crippen LogP contribution in [-0.4, -0.2) is 55.4 Å². The lowest BCUT2D eigenvalue weighted by molar-refractivity contribution is 0.0951. The molecule has 6 heteroatoms. The van der Waals surface area contributed by atoms with Crippen molar-refractivity contribution in [2.45, 2.75) is 26.7 Å². The van der Waals surface area contributed by atoms with Crippen LogP contribution in [0.1, 0.15) is 47.4 Å². The molecule has 1 aromatic heterocycles. The average molecular weight is 320 g/mol. The highest BCUT2D eigenvalue weighted by Gasteiger charge is 2.11. The lowest BCUT2D eigenvalue weighted by atomic mass is 10.1. The Balaban J connectivity index is 2.51. The van der Waals surface area contributed by atoms with Crippen LogP contribution in [0.4, 0.5) is 0 Å². The van der Waals surface area contributed by atoms with E-state index in [9.17, 15) is 9.59 Å². The molecule has 0 atom stereocenters. The zero-order valence-corrected chi connectivity index (χ0v) is 14.6. The van der Waals surface area contributed by atoms with Gasteiger partial charge in [-0.15, -0.1) is 0 Å². The summed E-state index contributed by atoms with van der Waals surface area (Å²) in [6.45, 7) is 6.35. The number of nitrogens with zero attached hydrogens (tertiary/aromatic N) is 2. The van der Waals surface area contributed by atoms with Crippen molar-refractivity contribution in [2.75, 3.05) is 33.7 Å². The van der Waals surface area contributed by atoms with E-state index in [1.54, 1.807) is 6.07 Å². The maximum absolute atomic E-state index is 12.1. The van der Waals surface area contributed by atoms with Gasteiger partial charge in [-0.2, -0.15) is 0 Å². The van der Waals surface area contributed by atoms with Gasteiger partial charge in [0, 0.05) is 25.5 Å². The Bertz CT molecular complexity index is 515. The molecule has 0 aliphatic heterocycles. The van der Waals surface area contributed by atoms with Crippen LogP contribution in [-0.2, 0) is 0 Å². The van der Waals surface area contributed by atoms with Crippen LogP contribution in [0.25, 0.3) is 0 Å². The lowest BCUT2D eigenvalue weighted by Crippen LogP contribution is -2.28. The summed E-state index contributed by atoms with van der Waals surface area (Å²) >= 11 is 0. The van der Waals surface area contributed by atoms with Crippen molar-refractivity contribution >= 4 is 11.8 Å². The number of pyridine rings is 1. The molecule has 0 saturated heterocycles. The zero-order valence-electron chi connectivity index (χ0n) is 14.6. The highest BCUT2D eigenvalue weighted by molar-refractivity contribution is 5.99. The predicted octanol–water partition coefficient (Wildman–Crippen LogP) is 1.54. The van der Waals surface area contributed by atoms with Gasteiger partial charge in [0.25, 0.3) is 11.8 Å². The van der Waals surface area contributed by atoms with Crippen LogP contribution in [0.3, 0.4) is 0 Å². The van der Waals surface area contributed by atoms with Crippen molar-refractivity contribution in [2.24, 2.45) is 5.92 Å². The van der Waals surface area contributed by atoms with Crippen LogP contribution in [0.15, 0.2) is 18.5 Å². The Morgan fingerprint density at radius 1 is 1.09 bits per heavy atom. The molecule has 1 heterocycles. The van der Waals surface area contributed by atoms with E-state index in [1.165, 1.54) is 12.4 Å². The van der Waals surface area contributed by atoms with Gasteiger partial charge in [-0.1, -0.05) is 13.8 Å². The number of aromatic nitrogens is 1. The minimum absolute atomic E-state index is 0.194. The largest absolute Gasteiger partial charge is 0.352 e. The Labute approximate surface area is 138 Å². The second kappa shape index (κ2) is 9.94. The quantitative estimate of drug-likeness (QED) is 0.677. The summed E-state index contributed by atoms with van der Waals surface area (Å²) in [7, 11) is 3.99. The predicted molar refractivity (Wildman–Crippen MR) is 91.5 cm³/mol. The monoisotopic (exact) mass is 320 g/mol. The van der Waals surface area contributed by atoms with Gasteiger partial charge in [0.05, 0.1) is 11.1 Å². The van der Waals surface area contributed by atoms with E-state index in [0.29, 0.717) is 30.1 Å². The van der Waals surface area contributed by atoms with Gasteiger partial charge >= 0.3 is 0 Å². The summed E-state index contributed by atoms with van der Waals surface area (Å²) in [6.07, 6.45) is 4.76. The van der Waals surface area contributed by atoms with E-state index < -0.39 is 0 Å². The van der Waals surface area contributed by atoms with Crippen LogP contribution in [0.2, 0.25) is 0 Å². The molecular weight excluding hydrogens is 292 g/mol. The highest BCUT2D eigenvalue weighted by atomic mass is 16.2.